The maximum atomic E-state index is 13.4. The Morgan fingerprint density at radius 2 is 1.20 bits per heavy atom. The number of rotatable bonds is 12. The molecule has 3 aromatic rings. The summed E-state index contributed by atoms with van der Waals surface area (Å²) in [5.41, 5.74) is 0.209. The van der Waals surface area contributed by atoms with Gasteiger partial charge in [0.25, 0.3) is 0 Å². The van der Waals surface area contributed by atoms with E-state index in [2.05, 4.69) is 9.72 Å². The second-order valence-electron chi connectivity index (χ2n) is 10.5. The van der Waals surface area contributed by atoms with E-state index in [1.807, 2.05) is 0 Å². The number of pyridine rings is 1. The lowest BCUT2D eigenvalue weighted by molar-refractivity contribution is -0.0526. The molecule has 45 heavy (non-hydrogen) atoms. The summed E-state index contributed by atoms with van der Waals surface area (Å²) in [6, 6.07) is 7.96. The van der Waals surface area contributed by atoms with Crippen LogP contribution in [0.3, 0.4) is 0 Å². The smallest absolute Gasteiger partial charge is 0.387 e. The van der Waals surface area contributed by atoms with E-state index in [0.29, 0.717) is 0 Å². The Kier molecular flexibility index (Phi) is 10.9. The minimum absolute atomic E-state index is 0.0662. The summed E-state index contributed by atoms with van der Waals surface area (Å²) in [5.74, 6) is -1.58. The number of ether oxygens (including phenoxy) is 5. The first-order chi connectivity index (χ1) is 21.7. The van der Waals surface area contributed by atoms with Crippen LogP contribution in [0.2, 0.25) is 10.0 Å². The maximum Gasteiger partial charge on any atom is 0.387 e. The van der Waals surface area contributed by atoms with Gasteiger partial charge in [-0.3, -0.25) is 4.98 Å². The van der Waals surface area contributed by atoms with Crippen molar-refractivity contribution in [2.45, 2.75) is 76.8 Å². The van der Waals surface area contributed by atoms with Crippen LogP contribution in [0, 0.1) is 0 Å². The number of carbonyl (C=O) groups excluding carboxylic acids is 1. The molecule has 13 heteroatoms. The third-order valence-corrected chi connectivity index (χ3v) is 8.00. The first-order valence-corrected chi connectivity index (χ1v) is 15.2. The van der Waals surface area contributed by atoms with Gasteiger partial charge < -0.3 is 23.7 Å². The molecule has 1 heterocycles. The second-order valence-corrected chi connectivity index (χ2v) is 11.4. The van der Waals surface area contributed by atoms with E-state index >= 15 is 0 Å². The molecule has 0 N–H and O–H groups in total. The Balaban J connectivity index is 1.50. The number of nitrogens with zero attached hydrogens (tertiary/aromatic N) is 1. The molecule has 2 fully saturated rings. The zero-order valence-corrected chi connectivity index (χ0v) is 25.3. The van der Waals surface area contributed by atoms with Crippen molar-refractivity contribution in [3.8, 4) is 23.0 Å². The molecular weight excluding hydrogens is 641 g/mol. The normalized spacial score (nSPS) is 16.0. The molecule has 0 spiro atoms. The fraction of sp³-hybridized carbons (Fsp3) is 0.375. The number of esters is 1. The van der Waals surface area contributed by atoms with E-state index in [-0.39, 0.29) is 67.7 Å². The standard InChI is InChI=1S/C32H29Cl2F4NO6/c33-23-16-39-17-24(34)22(23)15-27(18-9-11-25(28(13-18)44-31(35)36)41-20-5-1-2-6-20)43-30(40)19-10-12-26(29(14-19)45-32(37)38)42-21-7-3-4-8-21/h9-17,20-21,31-32H,1-8H2. The van der Waals surface area contributed by atoms with Gasteiger partial charge in [0.1, 0.15) is 5.76 Å². The monoisotopic (exact) mass is 669 g/mol. The summed E-state index contributed by atoms with van der Waals surface area (Å²) in [7, 11) is 0. The summed E-state index contributed by atoms with van der Waals surface area (Å²) in [4.78, 5) is 17.4. The summed E-state index contributed by atoms with van der Waals surface area (Å²) < 4.78 is 80.3. The highest BCUT2D eigenvalue weighted by atomic mass is 35.5. The second kappa shape index (κ2) is 15.1. The van der Waals surface area contributed by atoms with Gasteiger partial charge in [0.05, 0.1) is 27.8 Å². The van der Waals surface area contributed by atoms with E-state index < -0.39 is 19.2 Å². The van der Waals surface area contributed by atoms with Gasteiger partial charge in [-0.1, -0.05) is 23.2 Å². The number of hydrogen-bond acceptors (Lipinski definition) is 7. The van der Waals surface area contributed by atoms with Crippen LogP contribution in [-0.4, -0.2) is 36.4 Å². The van der Waals surface area contributed by atoms with Crippen LogP contribution in [0.5, 0.6) is 23.0 Å². The van der Waals surface area contributed by atoms with E-state index in [4.69, 9.17) is 42.1 Å². The molecule has 1 aromatic heterocycles. The van der Waals surface area contributed by atoms with Crippen LogP contribution in [0.15, 0.2) is 48.8 Å². The molecule has 0 atom stereocenters. The van der Waals surface area contributed by atoms with E-state index in [0.717, 1.165) is 57.4 Å². The lowest BCUT2D eigenvalue weighted by Gasteiger charge is -2.19. The number of halogens is 6. The van der Waals surface area contributed by atoms with Crippen molar-refractivity contribution >= 4 is 41.0 Å². The minimum Gasteiger partial charge on any atom is -0.487 e. The van der Waals surface area contributed by atoms with Gasteiger partial charge in [0, 0.05) is 23.5 Å². The molecule has 0 unspecified atom stereocenters. The Hall–Kier alpha value is -3.70. The predicted octanol–water partition coefficient (Wildman–Crippen LogP) is 9.59. The highest BCUT2D eigenvalue weighted by Gasteiger charge is 2.24. The number of carbonyl (C=O) groups is 1. The molecule has 0 radical (unpaired) electrons. The van der Waals surface area contributed by atoms with E-state index in [9.17, 15) is 22.4 Å². The van der Waals surface area contributed by atoms with Gasteiger partial charge in [-0.05, 0) is 93.8 Å². The molecular formula is C32H29Cl2F4NO6. The number of alkyl halides is 4. The fourth-order valence-electron chi connectivity index (χ4n) is 5.26. The van der Waals surface area contributed by atoms with Gasteiger partial charge in [-0.15, -0.1) is 0 Å². The minimum atomic E-state index is -3.17. The van der Waals surface area contributed by atoms with Gasteiger partial charge in [-0.2, -0.15) is 17.6 Å². The van der Waals surface area contributed by atoms with Gasteiger partial charge in [0.15, 0.2) is 23.0 Å². The van der Waals surface area contributed by atoms with Crippen molar-refractivity contribution in [3.05, 3.63) is 75.5 Å². The Labute approximate surface area is 267 Å². The van der Waals surface area contributed by atoms with Crippen LogP contribution in [-0.2, 0) is 4.74 Å². The van der Waals surface area contributed by atoms with Crippen molar-refractivity contribution < 1.29 is 46.0 Å². The van der Waals surface area contributed by atoms with Crippen molar-refractivity contribution in [3.63, 3.8) is 0 Å². The maximum absolute atomic E-state index is 13.4. The number of benzene rings is 2. The molecule has 0 saturated heterocycles. The first-order valence-electron chi connectivity index (χ1n) is 14.4. The van der Waals surface area contributed by atoms with Crippen molar-refractivity contribution in [1.82, 2.24) is 4.98 Å². The summed E-state index contributed by atoms with van der Waals surface area (Å²) in [6.07, 6.45) is 10.6. The number of aromatic nitrogens is 1. The largest absolute Gasteiger partial charge is 0.487 e. The Morgan fingerprint density at radius 1 is 0.733 bits per heavy atom. The summed E-state index contributed by atoms with van der Waals surface area (Å²) in [5, 5.41) is 0.227. The van der Waals surface area contributed by atoms with Gasteiger partial charge in [-0.25, -0.2) is 4.79 Å². The topological polar surface area (TPSA) is 76.1 Å². The molecule has 2 aliphatic carbocycles. The molecule has 7 nitrogen and oxygen atoms in total. The quantitative estimate of drug-likeness (QED) is 0.108. The molecule has 240 valence electrons. The third kappa shape index (κ3) is 8.73. The lowest BCUT2D eigenvalue weighted by atomic mass is 10.1. The molecule has 5 rings (SSSR count). The highest BCUT2D eigenvalue weighted by molar-refractivity contribution is 6.37. The Morgan fingerprint density at radius 3 is 1.69 bits per heavy atom. The molecule has 0 amide bonds. The van der Waals surface area contributed by atoms with E-state index in [1.54, 1.807) is 0 Å². The Bertz CT molecular complexity index is 1510. The molecule has 2 aromatic carbocycles. The average Bonchev–Trinajstić information content (AvgIpc) is 3.70. The van der Waals surface area contributed by atoms with Crippen molar-refractivity contribution in [2.24, 2.45) is 0 Å². The fourth-order valence-corrected chi connectivity index (χ4v) is 5.73. The summed E-state index contributed by atoms with van der Waals surface area (Å²) >= 11 is 12.6. The third-order valence-electron chi connectivity index (χ3n) is 7.40. The van der Waals surface area contributed by atoms with Crippen LogP contribution >= 0.6 is 23.2 Å². The van der Waals surface area contributed by atoms with Crippen molar-refractivity contribution in [2.75, 3.05) is 0 Å². The van der Waals surface area contributed by atoms with Crippen LogP contribution in [0.1, 0.15) is 72.9 Å². The van der Waals surface area contributed by atoms with Crippen LogP contribution < -0.4 is 18.9 Å². The molecule has 0 aliphatic heterocycles. The first kappa shape index (κ1) is 32.7. The van der Waals surface area contributed by atoms with E-state index in [1.165, 1.54) is 48.8 Å². The highest BCUT2D eigenvalue weighted by Crippen LogP contribution is 2.38. The number of hydrogen-bond donors (Lipinski definition) is 0. The predicted molar refractivity (Wildman–Crippen MR) is 159 cm³/mol. The van der Waals surface area contributed by atoms with Crippen molar-refractivity contribution in [1.29, 1.82) is 0 Å². The zero-order valence-electron chi connectivity index (χ0n) is 23.8. The van der Waals surface area contributed by atoms with Crippen LogP contribution in [0.25, 0.3) is 11.8 Å². The molecule has 2 saturated carbocycles. The van der Waals surface area contributed by atoms with Gasteiger partial charge >= 0.3 is 19.2 Å². The van der Waals surface area contributed by atoms with Crippen LogP contribution in [0.4, 0.5) is 17.6 Å². The average molecular weight is 670 g/mol. The lowest BCUT2D eigenvalue weighted by Crippen LogP contribution is -2.14. The summed E-state index contributed by atoms with van der Waals surface area (Å²) in [6.45, 7) is -6.34. The molecule has 2 aliphatic rings. The zero-order chi connectivity index (χ0) is 31.9. The molecule has 0 bridgehead atoms. The SMILES string of the molecule is O=C(OC(=Cc1c(Cl)cncc1Cl)c1ccc(OC2CCCC2)c(OC(F)F)c1)c1ccc(OC2CCCC2)c(OC(F)F)c1. The van der Waals surface area contributed by atoms with Gasteiger partial charge in [0.2, 0.25) is 0 Å².